The third kappa shape index (κ3) is 5.32. The highest BCUT2D eigenvalue weighted by atomic mass is 16.5. The molecular formula is C29H25N7O3. The summed E-state index contributed by atoms with van der Waals surface area (Å²) in [4.78, 5) is 40.4. The molecule has 2 amide bonds. The van der Waals surface area contributed by atoms with Crippen LogP contribution in [0, 0.1) is 0 Å². The number of benzene rings is 2. The van der Waals surface area contributed by atoms with Crippen molar-refractivity contribution in [2.75, 3.05) is 36.9 Å². The number of anilines is 3. The Balaban J connectivity index is 1.24. The molecule has 1 fully saturated rings. The highest BCUT2D eigenvalue weighted by molar-refractivity contribution is 6.04. The number of carbonyl (C=O) groups is 2. The van der Waals surface area contributed by atoms with Gasteiger partial charge in [-0.1, -0.05) is 12.1 Å². The highest BCUT2D eigenvalue weighted by Crippen LogP contribution is 2.27. The van der Waals surface area contributed by atoms with Gasteiger partial charge in [-0.25, -0.2) is 9.97 Å². The van der Waals surface area contributed by atoms with Crippen molar-refractivity contribution in [2.45, 2.75) is 0 Å². The standard InChI is InChI=1S/C29H25N7O3/c37-28(20-8-10-30-11-9-20)33-24-3-1-2-22(18-24)25-19-36-13-12-31-27(36)26(34-25)32-23-6-4-21(5-7-23)29(38)35-14-16-39-17-15-35/h1-13,18-19H,14-17H2,(H,32,34)(H,33,37). The van der Waals surface area contributed by atoms with Gasteiger partial charge in [-0.3, -0.25) is 14.6 Å². The molecule has 0 radical (unpaired) electrons. The molecule has 3 aromatic heterocycles. The fourth-order valence-electron chi connectivity index (χ4n) is 4.40. The van der Waals surface area contributed by atoms with Crippen molar-refractivity contribution < 1.29 is 14.3 Å². The molecule has 10 heteroatoms. The SMILES string of the molecule is O=C(Nc1cccc(-c2cn3ccnc3c(Nc3ccc(C(=O)N4CCOCC4)cc3)n2)c1)c1ccncc1. The summed E-state index contributed by atoms with van der Waals surface area (Å²) in [5, 5.41) is 6.27. The highest BCUT2D eigenvalue weighted by Gasteiger charge is 2.18. The molecule has 1 aliphatic rings. The fourth-order valence-corrected chi connectivity index (χ4v) is 4.40. The Hall–Kier alpha value is -5.09. The van der Waals surface area contributed by atoms with Gasteiger partial charge in [0.15, 0.2) is 11.5 Å². The zero-order valence-corrected chi connectivity index (χ0v) is 20.9. The van der Waals surface area contributed by atoms with Crippen LogP contribution in [0.25, 0.3) is 16.9 Å². The van der Waals surface area contributed by atoms with Gasteiger partial charge in [0.05, 0.1) is 18.9 Å². The Labute approximate surface area is 224 Å². The largest absolute Gasteiger partial charge is 0.378 e. The molecule has 0 saturated carbocycles. The monoisotopic (exact) mass is 519 g/mol. The molecule has 0 bridgehead atoms. The first-order valence-corrected chi connectivity index (χ1v) is 12.5. The van der Waals surface area contributed by atoms with Gasteiger partial charge in [0.1, 0.15) is 0 Å². The van der Waals surface area contributed by atoms with Crippen LogP contribution in [0.4, 0.5) is 17.2 Å². The lowest BCUT2D eigenvalue weighted by atomic mass is 10.1. The normalized spacial score (nSPS) is 13.3. The van der Waals surface area contributed by atoms with E-state index in [-0.39, 0.29) is 11.8 Å². The minimum atomic E-state index is -0.217. The predicted molar refractivity (Wildman–Crippen MR) is 147 cm³/mol. The molecule has 4 heterocycles. The Morgan fingerprint density at radius 3 is 2.46 bits per heavy atom. The van der Waals surface area contributed by atoms with Crippen LogP contribution in [-0.4, -0.2) is 62.4 Å². The van der Waals surface area contributed by atoms with Gasteiger partial charge in [-0.15, -0.1) is 0 Å². The van der Waals surface area contributed by atoms with Gasteiger partial charge in [0, 0.05) is 72.1 Å². The van der Waals surface area contributed by atoms with E-state index in [1.807, 2.05) is 65.3 Å². The van der Waals surface area contributed by atoms with Crippen molar-refractivity contribution in [3.63, 3.8) is 0 Å². The minimum absolute atomic E-state index is 0.00322. The molecule has 5 aromatic rings. The molecular weight excluding hydrogens is 494 g/mol. The van der Waals surface area contributed by atoms with Gasteiger partial charge in [0.25, 0.3) is 11.8 Å². The maximum Gasteiger partial charge on any atom is 0.255 e. The molecule has 0 aliphatic carbocycles. The molecule has 10 nitrogen and oxygen atoms in total. The third-order valence-corrected chi connectivity index (χ3v) is 6.43. The van der Waals surface area contributed by atoms with Crippen molar-refractivity contribution in [3.8, 4) is 11.3 Å². The summed E-state index contributed by atoms with van der Waals surface area (Å²) >= 11 is 0. The van der Waals surface area contributed by atoms with Gasteiger partial charge >= 0.3 is 0 Å². The number of morpholine rings is 1. The summed E-state index contributed by atoms with van der Waals surface area (Å²) in [6.45, 7) is 2.32. The van der Waals surface area contributed by atoms with Crippen molar-refractivity contribution in [1.82, 2.24) is 24.3 Å². The first-order valence-electron chi connectivity index (χ1n) is 12.5. The molecule has 0 atom stereocenters. The predicted octanol–water partition coefficient (Wildman–Crippen LogP) is 4.26. The first kappa shape index (κ1) is 24.3. The first-order chi connectivity index (χ1) is 19.1. The van der Waals surface area contributed by atoms with Crippen molar-refractivity contribution in [1.29, 1.82) is 0 Å². The van der Waals surface area contributed by atoms with E-state index in [2.05, 4.69) is 20.6 Å². The number of imidazole rings is 1. The second kappa shape index (κ2) is 10.7. The average molecular weight is 520 g/mol. The van der Waals surface area contributed by atoms with E-state index in [0.29, 0.717) is 60.3 Å². The van der Waals surface area contributed by atoms with Gasteiger partial charge in [-0.2, -0.15) is 0 Å². The summed E-state index contributed by atoms with van der Waals surface area (Å²) in [7, 11) is 0. The van der Waals surface area contributed by atoms with Crippen LogP contribution in [0.2, 0.25) is 0 Å². The molecule has 194 valence electrons. The summed E-state index contributed by atoms with van der Waals surface area (Å²) in [5.41, 5.74) is 4.76. The summed E-state index contributed by atoms with van der Waals surface area (Å²) in [6.07, 6.45) is 8.62. The van der Waals surface area contributed by atoms with E-state index >= 15 is 0 Å². The number of hydrogen-bond acceptors (Lipinski definition) is 7. The molecule has 0 spiro atoms. The number of hydrogen-bond donors (Lipinski definition) is 2. The molecule has 1 aliphatic heterocycles. The Bertz CT molecular complexity index is 1630. The number of amides is 2. The van der Waals surface area contributed by atoms with Crippen LogP contribution in [-0.2, 0) is 4.74 Å². The number of ether oxygens (including phenoxy) is 1. The molecule has 6 rings (SSSR count). The molecule has 0 unspecified atom stereocenters. The average Bonchev–Trinajstić information content (AvgIpc) is 3.48. The van der Waals surface area contributed by atoms with Crippen LogP contribution in [0.5, 0.6) is 0 Å². The zero-order chi connectivity index (χ0) is 26.6. The Morgan fingerprint density at radius 2 is 1.67 bits per heavy atom. The summed E-state index contributed by atoms with van der Waals surface area (Å²) in [5.74, 6) is 0.345. The molecule has 2 aromatic carbocycles. The third-order valence-electron chi connectivity index (χ3n) is 6.43. The molecule has 1 saturated heterocycles. The maximum atomic E-state index is 12.8. The second-order valence-corrected chi connectivity index (χ2v) is 9.01. The lowest BCUT2D eigenvalue weighted by Gasteiger charge is -2.26. The Morgan fingerprint density at radius 1 is 0.872 bits per heavy atom. The lowest BCUT2D eigenvalue weighted by molar-refractivity contribution is 0.0303. The van der Waals surface area contributed by atoms with E-state index < -0.39 is 0 Å². The summed E-state index contributed by atoms with van der Waals surface area (Å²) < 4.78 is 7.24. The van der Waals surface area contributed by atoms with E-state index in [9.17, 15) is 9.59 Å². The number of rotatable bonds is 6. The van der Waals surface area contributed by atoms with E-state index in [4.69, 9.17) is 9.72 Å². The number of pyridine rings is 1. The minimum Gasteiger partial charge on any atom is -0.378 e. The maximum absolute atomic E-state index is 12.8. The Kier molecular flexibility index (Phi) is 6.67. The van der Waals surface area contributed by atoms with E-state index in [0.717, 1.165) is 11.3 Å². The zero-order valence-electron chi connectivity index (χ0n) is 20.9. The van der Waals surface area contributed by atoms with Crippen LogP contribution >= 0.6 is 0 Å². The van der Waals surface area contributed by atoms with Gasteiger partial charge in [0.2, 0.25) is 0 Å². The van der Waals surface area contributed by atoms with Crippen molar-refractivity contribution in [3.05, 3.63) is 103 Å². The topological polar surface area (TPSA) is 114 Å². The smallest absolute Gasteiger partial charge is 0.255 e. The lowest BCUT2D eigenvalue weighted by Crippen LogP contribution is -2.40. The van der Waals surface area contributed by atoms with Crippen LogP contribution < -0.4 is 10.6 Å². The van der Waals surface area contributed by atoms with Gasteiger partial charge in [-0.05, 0) is 48.5 Å². The number of carbonyl (C=O) groups excluding carboxylic acids is 2. The van der Waals surface area contributed by atoms with Crippen LogP contribution in [0.3, 0.4) is 0 Å². The second-order valence-electron chi connectivity index (χ2n) is 9.01. The number of aromatic nitrogens is 4. The van der Waals surface area contributed by atoms with Crippen molar-refractivity contribution in [2.24, 2.45) is 0 Å². The fraction of sp³-hybridized carbons (Fsp3) is 0.138. The van der Waals surface area contributed by atoms with E-state index in [1.54, 1.807) is 35.6 Å². The number of nitrogens with zero attached hydrogens (tertiary/aromatic N) is 5. The molecule has 39 heavy (non-hydrogen) atoms. The van der Waals surface area contributed by atoms with Crippen LogP contribution in [0.15, 0.2) is 91.6 Å². The number of fused-ring (bicyclic) bond motifs is 1. The number of nitrogens with one attached hydrogen (secondary N) is 2. The van der Waals surface area contributed by atoms with Crippen molar-refractivity contribution >= 4 is 34.7 Å². The quantitative estimate of drug-likeness (QED) is 0.345. The van der Waals surface area contributed by atoms with Gasteiger partial charge < -0.3 is 24.7 Å². The van der Waals surface area contributed by atoms with Crippen LogP contribution in [0.1, 0.15) is 20.7 Å². The summed E-state index contributed by atoms with van der Waals surface area (Å²) in [6, 6.07) is 18.2. The van der Waals surface area contributed by atoms with E-state index in [1.165, 1.54) is 0 Å². The molecule has 2 N–H and O–H groups in total.